The molecule has 0 fully saturated rings. The van der Waals surface area contributed by atoms with Crippen molar-refractivity contribution in [3.63, 3.8) is 0 Å². The van der Waals surface area contributed by atoms with E-state index in [0.29, 0.717) is 28.1 Å². The number of rotatable bonds is 4. The minimum Gasteiger partial charge on any atom is -0.493 e. The maximum absolute atomic E-state index is 12.3. The smallest absolute Gasteiger partial charge is 0.347 e. The summed E-state index contributed by atoms with van der Waals surface area (Å²) in [5.41, 5.74) is 0.376. The minimum absolute atomic E-state index is 0.376. The van der Waals surface area contributed by atoms with Crippen molar-refractivity contribution < 1.29 is 14.3 Å². The van der Waals surface area contributed by atoms with E-state index < -0.39 is 5.97 Å². The molecule has 2 aromatic carbocycles. The highest BCUT2D eigenvalue weighted by molar-refractivity contribution is 9.11. The van der Waals surface area contributed by atoms with Crippen LogP contribution in [0.1, 0.15) is 17.3 Å². The molecule has 0 amide bonds. The van der Waals surface area contributed by atoms with E-state index in [1.165, 1.54) is 0 Å². The molecule has 0 aliphatic rings. The lowest BCUT2D eigenvalue weighted by Gasteiger charge is -2.11. The van der Waals surface area contributed by atoms with Gasteiger partial charge in [0.05, 0.1) is 11.1 Å². The first-order valence-electron chi connectivity index (χ1n) is 6.11. The van der Waals surface area contributed by atoms with Crippen LogP contribution in [0, 0.1) is 0 Å². The van der Waals surface area contributed by atoms with Gasteiger partial charge in [-0.2, -0.15) is 0 Å². The highest BCUT2D eigenvalue weighted by Gasteiger charge is 2.17. The van der Waals surface area contributed by atoms with E-state index in [9.17, 15) is 4.79 Å². The minimum atomic E-state index is -0.470. The van der Waals surface area contributed by atoms with Gasteiger partial charge in [0.25, 0.3) is 0 Å². The second kappa shape index (κ2) is 7.42. The Kier molecular flexibility index (Phi) is 5.84. The average molecular weight is 479 g/mol. The monoisotopic (exact) mass is 476 g/mol. The van der Waals surface area contributed by atoms with Gasteiger partial charge in [-0.1, -0.05) is 31.9 Å². The predicted octanol–water partition coefficient (Wildman–Crippen LogP) is 5.59. The summed E-state index contributed by atoms with van der Waals surface area (Å²) in [6.45, 7) is 2.34. The predicted molar refractivity (Wildman–Crippen MR) is 92.1 cm³/mol. The lowest BCUT2D eigenvalue weighted by atomic mass is 10.2. The summed E-state index contributed by atoms with van der Waals surface area (Å²) in [6, 6.07) is 10.6. The van der Waals surface area contributed by atoms with E-state index in [-0.39, 0.29) is 0 Å². The van der Waals surface area contributed by atoms with Crippen molar-refractivity contribution in [2.75, 3.05) is 6.61 Å². The molecule has 21 heavy (non-hydrogen) atoms. The lowest BCUT2D eigenvalue weighted by Crippen LogP contribution is -2.11. The number of carbonyl (C=O) groups is 1. The van der Waals surface area contributed by atoms with Crippen LogP contribution in [-0.2, 0) is 0 Å². The molecule has 0 saturated carbocycles. The molecule has 2 rings (SSSR count). The fourth-order valence-electron chi connectivity index (χ4n) is 1.66. The number of esters is 1. The Morgan fingerprint density at radius 1 is 1.00 bits per heavy atom. The van der Waals surface area contributed by atoms with Gasteiger partial charge in [-0.05, 0) is 59.3 Å². The fourth-order valence-corrected chi connectivity index (χ4v) is 3.15. The first-order chi connectivity index (χ1) is 10.0. The number of hydrogen-bond acceptors (Lipinski definition) is 3. The van der Waals surface area contributed by atoms with Crippen molar-refractivity contribution in [3.05, 3.63) is 55.4 Å². The van der Waals surface area contributed by atoms with Crippen LogP contribution in [0.2, 0.25) is 0 Å². The van der Waals surface area contributed by atoms with E-state index in [2.05, 4.69) is 47.8 Å². The number of benzene rings is 2. The number of halogens is 3. The van der Waals surface area contributed by atoms with E-state index in [1.54, 1.807) is 24.3 Å². The van der Waals surface area contributed by atoms with Gasteiger partial charge in [0, 0.05) is 8.95 Å². The molecule has 0 unspecified atom stereocenters. The topological polar surface area (TPSA) is 35.5 Å². The van der Waals surface area contributed by atoms with Crippen molar-refractivity contribution in [3.8, 4) is 11.5 Å². The lowest BCUT2D eigenvalue weighted by molar-refractivity contribution is 0.0729. The fraction of sp³-hybridized carbons (Fsp3) is 0.133. The maximum Gasteiger partial charge on any atom is 0.347 e. The van der Waals surface area contributed by atoms with Gasteiger partial charge >= 0.3 is 5.97 Å². The molecule has 0 bridgehead atoms. The standard InChI is InChI=1S/C15H11Br3O3/c1-2-20-13-5-3-9(16)7-11(13)15(19)21-14-6-4-10(17)8-12(14)18/h3-8H,2H2,1H3. The molecule has 0 aliphatic carbocycles. The van der Waals surface area contributed by atoms with Crippen molar-refractivity contribution in [1.82, 2.24) is 0 Å². The third-order valence-corrected chi connectivity index (χ3v) is 4.16. The van der Waals surface area contributed by atoms with E-state index >= 15 is 0 Å². The molecule has 0 aromatic heterocycles. The molecule has 0 heterocycles. The SMILES string of the molecule is CCOc1ccc(Br)cc1C(=O)Oc1ccc(Br)cc1Br. The molecule has 0 aliphatic heterocycles. The Morgan fingerprint density at radius 3 is 2.24 bits per heavy atom. The first kappa shape index (κ1) is 16.5. The summed E-state index contributed by atoms with van der Waals surface area (Å²) in [5, 5.41) is 0. The number of carbonyl (C=O) groups excluding carboxylic acids is 1. The summed E-state index contributed by atoms with van der Waals surface area (Å²) >= 11 is 10.1. The van der Waals surface area contributed by atoms with Crippen molar-refractivity contribution in [1.29, 1.82) is 0 Å². The molecule has 110 valence electrons. The molecule has 3 nitrogen and oxygen atoms in total. The average Bonchev–Trinajstić information content (AvgIpc) is 2.44. The highest BCUT2D eigenvalue weighted by atomic mass is 79.9. The molecule has 0 radical (unpaired) electrons. The zero-order valence-electron chi connectivity index (χ0n) is 11.0. The van der Waals surface area contributed by atoms with Crippen LogP contribution in [0.4, 0.5) is 0 Å². The zero-order chi connectivity index (χ0) is 15.4. The van der Waals surface area contributed by atoms with Gasteiger partial charge < -0.3 is 9.47 Å². The van der Waals surface area contributed by atoms with Crippen LogP contribution >= 0.6 is 47.8 Å². The summed E-state index contributed by atoms with van der Waals surface area (Å²) in [4.78, 5) is 12.3. The third-order valence-electron chi connectivity index (χ3n) is 2.56. The molecule has 0 spiro atoms. The Morgan fingerprint density at radius 2 is 1.62 bits per heavy atom. The Labute approximate surface area is 148 Å². The van der Waals surface area contributed by atoms with Crippen LogP contribution in [-0.4, -0.2) is 12.6 Å². The van der Waals surface area contributed by atoms with Crippen LogP contribution in [0.3, 0.4) is 0 Å². The molecular formula is C15H11Br3O3. The van der Waals surface area contributed by atoms with Gasteiger partial charge in [0.15, 0.2) is 0 Å². The Hall–Kier alpha value is -0.850. The van der Waals surface area contributed by atoms with Gasteiger partial charge in [0.2, 0.25) is 0 Å². The van der Waals surface area contributed by atoms with Gasteiger partial charge in [-0.25, -0.2) is 4.79 Å². The quantitative estimate of drug-likeness (QED) is 0.424. The number of hydrogen-bond donors (Lipinski definition) is 0. The van der Waals surface area contributed by atoms with Crippen molar-refractivity contribution in [2.45, 2.75) is 6.92 Å². The molecule has 6 heteroatoms. The molecule has 0 atom stereocenters. The summed E-state index contributed by atoms with van der Waals surface area (Å²) in [6.07, 6.45) is 0. The van der Waals surface area contributed by atoms with E-state index in [4.69, 9.17) is 9.47 Å². The van der Waals surface area contributed by atoms with Gasteiger partial charge in [-0.3, -0.25) is 0 Å². The number of ether oxygens (including phenoxy) is 2. The zero-order valence-corrected chi connectivity index (χ0v) is 15.8. The summed E-state index contributed by atoms with van der Waals surface area (Å²) < 4.78 is 13.3. The summed E-state index contributed by atoms with van der Waals surface area (Å²) in [7, 11) is 0. The molecule has 2 aromatic rings. The van der Waals surface area contributed by atoms with Crippen LogP contribution in [0.5, 0.6) is 11.5 Å². The third kappa shape index (κ3) is 4.31. The molecule has 0 N–H and O–H groups in total. The van der Waals surface area contributed by atoms with Gasteiger partial charge in [0.1, 0.15) is 17.1 Å². The van der Waals surface area contributed by atoms with Crippen LogP contribution in [0.15, 0.2) is 49.8 Å². The Balaban J connectivity index is 2.29. The van der Waals surface area contributed by atoms with E-state index in [1.807, 2.05) is 19.1 Å². The normalized spacial score (nSPS) is 10.3. The van der Waals surface area contributed by atoms with Gasteiger partial charge in [-0.15, -0.1) is 0 Å². The molecule has 0 saturated heterocycles. The first-order valence-corrected chi connectivity index (χ1v) is 8.48. The van der Waals surface area contributed by atoms with Crippen molar-refractivity contribution in [2.24, 2.45) is 0 Å². The van der Waals surface area contributed by atoms with Crippen molar-refractivity contribution >= 4 is 53.8 Å². The van der Waals surface area contributed by atoms with Crippen LogP contribution in [0.25, 0.3) is 0 Å². The highest BCUT2D eigenvalue weighted by Crippen LogP contribution is 2.30. The van der Waals surface area contributed by atoms with E-state index in [0.717, 1.165) is 8.95 Å². The van der Waals surface area contributed by atoms with Crippen LogP contribution < -0.4 is 9.47 Å². The largest absolute Gasteiger partial charge is 0.493 e. The maximum atomic E-state index is 12.3. The second-order valence-electron chi connectivity index (χ2n) is 4.04. The second-order valence-corrected chi connectivity index (χ2v) is 6.72. The summed E-state index contributed by atoms with van der Waals surface area (Å²) in [5.74, 6) is 0.479. The Bertz CT molecular complexity index is 671. The molecular weight excluding hydrogens is 468 g/mol.